The number of aliphatic imine (C=N–C) groups is 1. The van der Waals surface area contributed by atoms with Crippen LogP contribution in [0, 0.1) is 19.8 Å². The van der Waals surface area contributed by atoms with Crippen molar-refractivity contribution in [1.29, 1.82) is 0 Å². The third kappa shape index (κ3) is 5.15. The number of nitrogens with one attached hydrogen (secondary N) is 2. The lowest BCUT2D eigenvalue weighted by Crippen LogP contribution is -2.46. The number of hydrogen-bond donors (Lipinski definition) is 2. The number of rotatable bonds is 6. The Labute approximate surface area is 160 Å². The minimum absolute atomic E-state index is 0.0504. The van der Waals surface area contributed by atoms with E-state index in [2.05, 4.69) is 45.3 Å². The van der Waals surface area contributed by atoms with E-state index in [9.17, 15) is 0 Å². The highest BCUT2D eigenvalue weighted by atomic mass is 16.6. The van der Waals surface area contributed by atoms with E-state index in [1.54, 1.807) is 7.05 Å². The molecule has 27 heavy (non-hydrogen) atoms. The Morgan fingerprint density at radius 2 is 2.07 bits per heavy atom. The van der Waals surface area contributed by atoms with Gasteiger partial charge in [-0.25, -0.2) is 0 Å². The predicted molar refractivity (Wildman–Crippen MR) is 107 cm³/mol. The van der Waals surface area contributed by atoms with Crippen molar-refractivity contribution in [1.82, 2.24) is 20.4 Å². The molecule has 1 aliphatic heterocycles. The molecule has 0 amide bonds. The Bertz CT molecular complexity index is 786. The van der Waals surface area contributed by atoms with Gasteiger partial charge in [-0.2, -0.15) is 5.10 Å². The molecule has 7 nitrogen and oxygen atoms in total. The van der Waals surface area contributed by atoms with E-state index in [4.69, 9.17) is 9.47 Å². The average Bonchev–Trinajstić information content (AvgIpc) is 2.98. The molecule has 1 aliphatic rings. The SMILES string of the molecule is CN=C(NCC(C)Cn1nc(C)cc1C)NCC1COc2ccccc2O1. The van der Waals surface area contributed by atoms with Crippen molar-refractivity contribution in [2.45, 2.75) is 33.4 Å². The highest BCUT2D eigenvalue weighted by Crippen LogP contribution is 2.30. The third-order valence-electron chi connectivity index (χ3n) is 4.49. The topological polar surface area (TPSA) is 72.7 Å². The van der Waals surface area contributed by atoms with Gasteiger partial charge in [0, 0.05) is 25.8 Å². The number of ether oxygens (including phenoxy) is 2. The van der Waals surface area contributed by atoms with Gasteiger partial charge >= 0.3 is 0 Å². The number of aromatic nitrogens is 2. The van der Waals surface area contributed by atoms with Gasteiger partial charge in [-0.1, -0.05) is 19.1 Å². The first-order valence-electron chi connectivity index (χ1n) is 9.39. The maximum absolute atomic E-state index is 5.97. The Morgan fingerprint density at radius 3 is 2.78 bits per heavy atom. The quantitative estimate of drug-likeness (QED) is 0.601. The summed E-state index contributed by atoms with van der Waals surface area (Å²) in [5.41, 5.74) is 2.25. The van der Waals surface area contributed by atoms with Gasteiger partial charge in [0.2, 0.25) is 0 Å². The van der Waals surface area contributed by atoms with Crippen LogP contribution in [0.25, 0.3) is 0 Å². The van der Waals surface area contributed by atoms with Gasteiger partial charge in [-0.15, -0.1) is 0 Å². The lowest BCUT2D eigenvalue weighted by molar-refractivity contribution is 0.0936. The van der Waals surface area contributed by atoms with Crippen LogP contribution in [0.15, 0.2) is 35.3 Å². The molecule has 0 saturated heterocycles. The number of nitrogens with zero attached hydrogens (tertiary/aromatic N) is 3. The van der Waals surface area contributed by atoms with Gasteiger partial charge in [-0.3, -0.25) is 9.67 Å². The fourth-order valence-electron chi connectivity index (χ4n) is 3.09. The summed E-state index contributed by atoms with van der Waals surface area (Å²) in [7, 11) is 1.77. The lowest BCUT2D eigenvalue weighted by Gasteiger charge is -2.27. The van der Waals surface area contributed by atoms with Crippen LogP contribution in [0.1, 0.15) is 18.3 Å². The molecule has 7 heteroatoms. The number of fused-ring (bicyclic) bond motifs is 1. The van der Waals surface area contributed by atoms with E-state index in [1.165, 1.54) is 5.69 Å². The smallest absolute Gasteiger partial charge is 0.191 e. The molecule has 2 aromatic rings. The van der Waals surface area contributed by atoms with Crippen molar-refractivity contribution in [3.8, 4) is 11.5 Å². The number of hydrogen-bond acceptors (Lipinski definition) is 4. The number of benzene rings is 1. The maximum atomic E-state index is 5.97. The second-order valence-electron chi connectivity index (χ2n) is 7.05. The Balaban J connectivity index is 1.42. The largest absolute Gasteiger partial charge is 0.486 e. The molecule has 0 spiro atoms. The first kappa shape index (κ1) is 19.1. The summed E-state index contributed by atoms with van der Waals surface area (Å²) in [4.78, 5) is 4.29. The van der Waals surface area contributed by atoms with Crippen LogP contribution in [-0.4, -0.2) is 48.6 Å². The van der Waals surface area contributed by atoms with E-state index in [-0.39, 0.29) is 6.10 Å². The zero-order chi connectivity index (χ0) is 19.2. The van der Waals surface area contributed by atoms with Gasteiger partial charge in [0.15, 0.2) is 17.5 Å². The normalized spacial score (nSPS) is 17.5. The minimum atomic E-state index is -0.0504. The first-order valence-corrected chi connectivity index (χ1v) is 9.39. The highest BCUT2D eigenvalue weighted by Gasteiger charge is 2.20. The standard InChI is InChI=1S/C20H29N5O2/c1-14(12-25-16(3)9-15(2)24-25)10-22-20(21-4)23-11-17-13-26-18-7-5-6-8-19(18)27-17/h5-9,14,17H,10-13H2,1-4H3,(H2,21,22,23). The van der Waals surface area contributed by atoms with Crippen molar-refractivity contribution in [3.05, 3.63) is 41.7 Å². The van der Waals surface area contributed by atoms with Gasteiger partial charge in [0.25, 0.3) is 0 Å². The molecule has 2 unspecified atom stereocenters. The van der Waals surface area contributed by atoms with Crippen LogP contribution in [-0.2, 0) is 6.54 Å². The molecule has 0 saturated carbocycles. The number of para-hydroxylation sites is 2. The minimum Gasteiger partial charge on any atom is -0.486 e. The van der Waals surface area contributed by atoms with Crippen molar-refractivity contribution in [2.75, 3.05) is 26.7 Å². The average molecular weight is 371 g/mol. The van der Waals surface area contributed by atoms with Gasteiger partial charge in [0.05, 0.1) is 12.2 Å². The maximum Gasteiger partial charge on any atom is 0.191 e. The fraction of sp³-hybridized carbons (Fsp3) is 0.500. The van der Waals surface area contributed by atoms with Crippen molar-refractivity contribution in [3.63, 3.8) is 0 Å². The molecule has 3 rings (SSSR count). The molecular weight excluding hydrogens is 342 g/mol. The predicted octanol–water partition coefficient (Wildman–Crippen LogP) is 2.14. The van der Waals surface area contributed by atoms with E-state index in [0.29, 0.717) is 19.1 Å². The molecule has 1 aromatic heterocycles. The second kappa shape index (κ2) is 8.79. The van der Waals surface area contributed by atoms with Crippen LogP contribution in [0.4, 0.5) is 0 Å². The van der Waals surface area contributed by atoms with Crippen molar-refractivity contribution in [2.24, 2.45) is 10.9 Å². The summed E-state index contributed by atoms with van der Waals surface area (Å²) in [6, 6.07) is 9.84. The van der Waals surface area contributed by atoms with Crippen LogP contribution in [0.2, 0.25) is 0 Å². The van der Waals surface area contributed by atoms with Gasteiger partial charge < -0.3 is 20.1 Å². The van der Waals surface area contributed by atoms with Crippen molar-refractivity contribution >= 4 is 5.96 Å². The highest BCUT2D eigenvalue weighted by molar-refractivity contribution is 5.79. The Kier molecular flexibility index (Phi) is 6.21. The zero-order valence-electron chi connectivity index (χ0n) is 16.5. The Morgan fingerprint density at radius 1 is 1.30 bits per heavy atom. The van der Waals surface area contributed by atoms with Gasteiger partial charge in [0.1, 0.15) is 12.7 Å². The molecule has 0 fully saturated rings. The molecule has 1 aromatic carbocycles. The van der Waals surface area contributed by atoms with Crippen LogP contribution in [0.3, 0.4) is 0 Å². The third-order valence-corrected chi connectivity index (χ3v) is 4.49. The number of guanidine groups is 1. The molecule has 0 bridgehead atoms. The Hall–Kier alpha value is -2.70. The summed E-state index contributed by atoms with van der Waals surface area (Å²) in [5.74, 6) is 2.77. The van der Waals surface area contributed by atoms with Crippen LogP contribution in [0.5, 0.6) is 11.5 Å². The molecule has 2 heterocycles. The summed E-state index contributed by atoms with van der Waals surface area (Å²) in [5, 5.41) is 11.2. The molecule has 146 valence electrons. The van der Waals surface area contributed by atoms with Crippen LogP contribution >= 0.6 is 0 Å². The van der Waals surface area contributed by atoms with E-state index < -0.39 is 0 Å². The zero-order valence-corrected chi connectivity index (χ0v) is 16.5. The molecular formula is C20H29N5O2. The van der Waals surface area contributed by atoms with E-state index in [1.807, 2.05) is 31.2 Å². The molecule has 0 radical (unpaired) electrons. The summed E-state index contributed by atoms with van der Waals surface area (Å²) in [6.45, 7) is 9.14. The summed E-state index contributed by atoms with van der Waals surface area (Å²) < 4.78 is 13.8. The summed E-state index contributed by atoms with van der Waals surface area (Å²) in [6.07, 6.45) is -0.0504. The van der Waals surface area contributed by atoms with Gasteiger partial charge in [-0.05, 0) is 38.0 Å². The van der Waals surface area contributed by atoms with E-state index in [0.717, 1.165) is 36.2 Å². The monoisotopic (exact) mass is 371 g/mol. The van der Waals surface area contributed by atoms with Crippen LogP contribution < -0.4 is 20.1 Å². The molecule has 2 N–H and O–H groups in total. The van der Waals surface area contributed by atoms with E-state index >= 15 is 0 Å². The fourth-order valence-corrected chi connectivity index (χ4v) is 3.09. The molecule has 0 aliphatic carbocycles. The lowest BCUT2D eigenvalue weighted by atomic mass is 10.2. The number of aryl methyl sites for hydroxylation is 2. The second-order valence-corrected chi connectivity index (χ2v) is 7.05. The summed E-state index contributed by atoms with van der Waals surface area (Å²) >= 11 is 0. The van der Waals surface area contributed by atoms with Crippen molar-refractivity contribution < 1.29 is 9.47 Å². The first-order chi connectivity index (χ1) is 13.0. The molecule has 2 atom stereocenters.